The number of benzene rings is 1. The molecule has 2 N–H and O–H groups in total. The molecule has 3 heteroatoms. The maximum atomic E-state index is 11.2. The molecule has 0 spiro atoms. The molecule has 0 aromatic heterocycles. The van der Waals surface area contributed by atoms with E-state index >= 15 is 0 Å². The van der Waals surface area contributed by atoms with Crippen LogP contribution in [-0.4, -0.2) is 24.8 Å². The van der Waals surface area contributed by atoms with E-state index in [0.29, 0.717) is 6.04 Å². The van der Waals surface area contributed by atoms with E-state index in [1.807, 2.05) is 6.07 Å². The van der Waals surface area contributed by atoms with Crippen molar-refractivity contribution >= 4 is 0 Å². The van der Waals surface area contributed by atoms with Crippen molar-refractivity contribution in [1.82, 2.24) is 5.32 Å². The fraction of sp³-hybridized carbons (Fsp3) is 0.667. The number of methoxy groups -OCH3 is 1. The van der Waals surface area contributed by atoms with E-state index in [4.69, 9.17) is 4.74 Å². The molecule has 1 saturated carbocycles. The zero-order valence-electron chi connectivity index (χ0n) is 13.8. The highest BCUT2D eigenvalue weighted by Crippen LogP contribution is 2.43. The van der Waals surface area contributed by atoms with Crippen molar-refractivity contribution in [3.63, 3.8) is 0 Å². The number of hydrogen-bond acceptors (Lipinski definition) is 3. The molecule has 0 unspecified atom stereocenters. The molecule has 1 aromatic carbocycles. The minimum absolute atomic E-state index is 0.543. The van der Waals surface area contributed by atoms with Crippen molar-refractivity contribution in [2.75, 3.05) is 13.7 Å². The minimum Gasteiger partial charge on any atom is -0.496 e. The van der Waals surface area contributed by atoms with Crippen LogP contribution in [0, 0.1) is 13.8 Å². The number of hydrogen-bond donors (Lipinski definition) is 2. The van der Waals surface area contributed by atoms with Crippen molar-refractivity contribution in [2.24, 2.45) is 0 Å². The third kappa shape index (κ3) is 3.58. The van der Waals surface area contributed by atoms with Crippen LogP contribution in [0.4, 0.5) is 0 Å². The lowest BCUT2D eigenvalue weighted by Gasteiger charge is -2.38. The number of rotatable bonds is 5. The van der Waals surface area contributed by atoms with Gasteiger partial charge in [-0.3, -0.25) is 0 Å². The standard InChI is InChI=1S/C18H29NO2/c1-5-10-19-15-6-8-18(20,9-7-15)17-14(3)11-13(2)12-16(17)21-4/h11-12,15,19-20H,5-10H2,1-4H3. The Kier molecular flexibility index (Phi) is 5.28. The minimum atomic E-state index is -0.743. The van der Waals surface area contributed by atoms with E-state index in [2.05, 4.69) is 32.2 Å². The van der Waals surface area contributed by atoms with Crippen LogP contribution in [0.5, 0.6) is 5.75 Å². The molecule has 0 atom stereocenters. The van der Waals surface area contributed by atoms with E-state index in [0.717, 1.165) is 55.5 Å². The predicted octanol–water partition coefficient (Wildman–Crippen LogP) is 3.44. The fourth-order valence-electron chi connectivity index (χ4n) is 3.58. The van der Waals surface area contributed by atoms with Gasteiger partial charge >= 0.3 is 0 Å². The Labute approximate surface area is 128 Å². The highest BCUT2D eigenvalue weighted by Gasteiger charge is 2.37. The lowest BCUT2D eigenvalue weighted by atomic mass is 9.75. The Bertz CT molecular complexity index is 476. The van der Waals surface area contributed by atoms with Crippen molar-refractivity contribution in [1.29, 1.82) is 0 Å². The molecular formula is C18H29NO2. The van der Waals surface area contributed by atoms with Gasteiger partial charge in [-0.15, -0.1) is 0 Å². The average molecular weight is 291 g/mol. The topological polar surface area (TPSA) is 41.5 Å². The quantitative estimate of drug-likeness (QED) is 0.873. The maximum absolute atomic E-state index is 11.2. The molecule has 21 heavy (non-hydrogen) atoms. The Morgan fingerprint density at radius 2 is 1.95 bits per heavy atom. The summed E-state index contributed by atoms with van der Waals surface area (Å²) in [4.78, 5) is 0. The van der Waals surface area contributed by atoms with Crippen LogP contribution in [0.1, 0.15) is 55.7 Å². The van der Waals surface area contributed by atoms with Gasteiger partial charge in [-0.1, -0.05) is 13.0 Å². The highest BCUT2D eigenvalue weighted by atomic mass is 16.5. The molecule has 118 valence electrons. The van der Waals surface area contributed by atoms with E-state index in [1.54, 1.807) is 7.11 Å². The third-order valence-electron chi connectivity index (χ3n) is 4.62. The highest BCUT2D eigenvalue weighted by molar-refractivity contribution is 5.46. The normalized spacial score (nSPS) is 25.9. The van der Waals surface area contributed by atoms with Gasteiger partial charge in [-0.05, 0) is 69.7 Å². The van der Waals surface area contributed by atoms with E-state index in [9.17, 15) is 5.11 Å². The number of nitrogens with one attached hydrogen (secondary N) is 1. The zero-order chi connectivity index (χ0) is 15.5. The number of aliphatic hydroxyl groups is 1. The monoisotopic (exact) mass is 291 g/mol. The number of ether oxygens (including phenoxy) is 1. The van der Waals surface area contributed by atoms with Crippen LogP contribution in [0.25, 0.3) is 0 Å². The summed E-state index contributed by atoms with van der Waals surface area (Å²) in [5.41, 5.74) is 2.56. The van der Waals surface area contributed by atoms with Gasteiger partial charge in [-0.25, -0.2) is 0 Å². The van der Waals surface area contributed by atoms with Crippen LogP contribution in [0.2, 0.25) is 0 Å². The second-order valence-corrected chi connectivity index (χ2v) is 6.42. The summed E-state index contributed by atoms with van der Waals surface area (Å²) in [6.07, 6.45) is 4.80. The van der Waals surface area contributed by atoms with Gasteiger partial charge in [0.1, 0.15) is 5.75 Å². The zero-order valence-corrected chi connectivity index (χ0v) is 13.8. The van der Waals surface area contributed by atoms with Crippen LogP contribution in [0.3, 0.4) is 0 Å². The molecule has 1 aliphatic carbocycles. The first-order valence-corrected chi connectivity index (χ1v) is 8.11. The predicted molar refractivity (Wildman–Crippen MR) is 86.9 cm³/mol. The van der Waals surface area contributed by atoms with Crippen molar-refractivity contribution in [3.8, 4) is 5.75 Å². The largest absolute Gasteiger partial charge is 0.496 e. The van der Waals surface area contributed by atoms with Crippen LogP contribution in [0.15, 0.2) is 12.1 Å². The van der Waals surface area contributed by atoms with Gasteiger partial charge in [-0.2, -0.15) is 0 Å². The summed E-state index contributed by atoms with van der Waals surface area (Å²) in [6, 6.07) is 4.71. The second-order valence-electron chi connectivity index (χ2n) is 6.42. The third-order valence-corrected chi connectivity index (χ3v) is 4.62. The second kappa shape index (κ2) is 6.80. The fourth-order valence-corrected chi connectivity index (χ4v) is 3.58. The summed E-state index contributed by atoms with van der Waals surface area (Å²) in [7, 11) is 1.69. The van der Waals surface area contributed by atoms with E-state index in [-0.39, 0.29) is 0 Å². The van der Waals surface area contributed by atoms with Gasteiger partial charge < -0.3 is 15.2 Å². The summed E-state index contributed by atoms with van der Waals surface area (Å²) in [6.45, 7) is 7.39. The molecular weight excluding hydrogens is 262 g/mol. The maximum Gasteiger partial charge on any atom is 0.125 e. The van der Waals surface area contributed by atoms with Gasteiger partial charge in [0.2, 0.25) is 0 Å². The number of aryl methyl sites for hydroxylation is 2. The molecule has 0 amide bonds. The SMILES string of the molecule is CCCNC1CCC(O)(c2c(C)cc(C)cc2OC)CC1. The van der Waals surface area contributed by atoms with Crippen molar-refractivity contribution < 1.29 is 9.84 Å². The molecule has 0 aliphatic heterocycles. The molecule has 0 saturated heterocycles. The Hall–Kier alpha value is -1.06. The van der Waals surface area contributed by atoms with E-state index < -0.39 is 5.60 Å². The first-order valence-electron chi connectivity index (χ1n) is 8.11. The van der Waals surface area contributed by atoms with Crippen LogP contribution in [-0.2, 0) is 5.60 Å². The summed E-state index contributed by atoms with van der Waals surface area (Å²) >= 11 is 0. The first kappa shape index (κ1) is 16.3. The van der Waals surface area contributed by atoms with Crippen LogP contribution < -0.4 is 10.1 Å². The molecule has 1 fully saturated rings. The van der Waals surface area contributed by atoms with Gasteiger partial charge in [0, 0.05) is 11.6 Å². The first-order chi connectivity index (χ1) is 10.00. The Morgan fingerprint density at radius 1 is 1.29 bits per heavy atom. The van der Waals surface area contributed by atoms with Gasteiger partial charge in [0.25, 0.3) is 0 Å². The summed E-state index contributed by atoms with van der Waals surface area (Å²) in [5.74, 6) is 0.829. The van der Waals surface area contributed by atoms with Gasteiger partial charge in [0.15, 0.2) is 0 Å². The van der Waals surface area contributed by atoms with E-state index in [1.165, 1.54) is 5.56 Å². The summed E-state index contributed by atoms with van der Waals surface area (Å²) in [5, 5.41) is 14.7. The smallest absolute Gasteiger partial charge is 0.125 e. The molecule has 1 aliphatic rings. The molecule has 0 bridgehead atoms. The molecule has 3 nitrogen and oxygen atoms in total. The van der Waals surface area contributed by atoms with Crippen LogP contribution >= 0.6 is 0 Å². The summed E-state index contributed by atoms with van der Waals surface area (Å²) < 4.78 is 5.54. The molecule has 0 radical (unpaired) electrons. The lowest BCUT2D eigenvalue weighted by molar-refractivity contribution is -0.0106. The Morgan fingerprint density at radius 3 is 2.52 bits per heavy atom. The molecule has 0 heterocycles. The lowest BCUT2D eigenvalue weighted by Crippen LogP contribution is -2.40. The average Bonchev–Trinajstić information content (AvgIpc) is 2.45. The van der Waals surface area contributed by atoms with Crippen molar-refractivity contribution in [2.45, 2.75) is 64.5 Å². The Balaban J connectivity index is 2.19. The van der Waals surface area contributed by atoms with Gasteiger partial charge in [0.05, 0.1) is 12.7 Å². The van der Waals surface area contributed by atoms with Crippen molar-refractivity contribution in [3.05, 3.63) is 28.8 Å². The molecule has 1 aromatic rings. The molecule has 2 rings (SSSR count).